The molecule has 3 rings (SSSR count). The summed E-state index contributed by atoms with van der Waals surface area (Å²) in [6.45, 7) is 4.34. The van der Waals surface area contributed by atoms with Crippen molar-refractivity contribution in [2.24, 2.45) is 0 Å². The second-order valence-corrected chi connectivity index (χ2v) is 8.12. The van der Waals surface area contributed by atoms with Crippen LogP contribution in [-0.2, 0) is 0 Å². The maximum Gasteiger partial charge on any atom is 0.306 e. The molecule has 0 amide bonds. The largest absolute Gasteiger partial charge is 0.340 e. The molecule has 1 aromatic heterocycles. The molecule has 7 nitrogen and oxygen atoms in total. The van der Waals surface area contributed by atoms with Crippen molar-refractivity contribution in [1.29, 1.82) is 0 Å². The zero-order valence-corrected chi connectivity index (χ0v) is 15.6. The minimum Gasteiger partial charge on any atom is -0.340 e. The van der Waals surface area contributed by atoms with E-state index in [2.05, 4.69) is 40.0 Å². The van der Waals surface area contributed by atoms with E-state index < -0.39 is 16.4 Å². The number of nitro groups is 1. The molecular weight excluding hydrogens is 368 g/mol. The zero-order chi connectivity index (χ0) is 19.4. The standard InChI is InChI=1S/C18H17FN5O2P/c1-27(2)16-6-4-3-5-14(16)22-17-9-10-20-18(23-17)21-12-7-8-13(19)15(11-12)24(25)26/h3-11H,1-2H3,(H2,20,21,22,23). The molecule has 27 heavy (non-hydrogen) atoms. The van der Waals surface area contributed by atoms with Gasteiger partial charge in [0.25, 0.3) is 0 Å². The molecule has 0 aliphatic rings. The Morgan fingerprint density at radius 2 is 1.89 bits per heavy atom. The Bertz CT molecular complexity index is 983. The molecule has 2 aromatic carbocycles. The predicted molar refractivity (Wildman–Crippen MR) is 106 cm³/mol. The lowest BCUT2D eigenvalue weighted by Gasteiger charge is -2.14. The maximum atomic E-state index is 13.5. The third kappa shape index (κ3) is 4.54. The van der Waals surface area contributed by atoms with E-state index in [-0.39, 0.29) is 13.9 Å². The number of nitro benzene ring substituents is 1. The quantitative estimate of drug-likeness (QED) is 0.372. The van der Waals surface area contributed by atoms with Crippen molar-refractivity contribution in [3.63, 3.8) is 0 Å². The monoisotopic (exact) mass is 385 g/mol. The average molecular weight is 385 g/mol. The van der Waals surface area contributed by atoms with Gasteiger partial charge in [0.05, 0.1) is 4.92 Å². The van der Waals surface area contributed by atoms with E-state index in [0.717, 1.165) is 17.8 Å². The van der Waals surface area contributed by atoms with E-state index in [1.807, 2.05) is 18.2 Å². The molecule has 0 bridgehead atoms. The number of aromatic nitrogens is 2. The summed E-state index contributed by atoms with van der Waals surface area (Å²) < 4.78 is 13.5. The summed E-state index contributed by atoms with van der Waals surface area (Å²) in [4.78, 5) is 18.6. The van der Waals surface area contributed by atoms with Gasteiger partial charge >= 0.3 is 5.69 Å². The van der Waals surface area contributed by atoms with Gasteiger partial charge in [0, 0.05) is 23.6 Å². The zero-order valence-electron chi connectivity index (χ0n) is 14.7. The Morgan fingerprint density at radius 3 is 2.63 bits per heavy atom. The van der Waals surface area contributed by atoms with E-state index >= 15 is 0 Å². The lowest BCUT2D eigenvalue weighted by molar-refractivity contribution is -0.387. The van der Waals surface area contributed by atoms with E-state index in [0.29, 0.717) is 11.5 Å². The van der Waals surface area contributed by atoms with Crippen LogP contribution in [0.1, 0.15) is 0 Å². The molecule has 0 aliphatic carbocycles. The van der Waals surface area contributed by atoms with Crippen molar-refractivity contribution < 1.29 is 9.31 Å². The Labute approximate surface area is 156 Å². The number of nitrogens with one attached hydrogen (secondary N) is 2. The van der Waals surface area contributed by atoms with Gasteiger partial charge in [-0.05, 0) is 42.9 Å². The fourth-order valence-corrected chi connectivity index (χ4v) is 3.45. The summed E-state index contributed by atoms with van der Waals surface area (Å²) >= 11 is 0. The highest BCUT2D eigenvalue weighted by Gasteiger charge is 2.15. The van der Waals surface area contributed by atoms with Crippen LogP contribution in [0.5, 0.6) is 0 Å². The molecule has 9 heteroatoms. The second kappa shape index (κ2) is 8.05. The lowest BCUT2D eigenvalue weighted by Crippen LogP contribution is -2.08. The summed E-state index contributed by atoms with van der Waals surface area (Å²) in [5, 5.41) is 18.2. The molecule has 0 spiro atoms. The van der Waals surface area contributed by atoms with Gasteiger partial charge in [-0.2, -0.15) is 9.37 Å². The van der Waals surface area contributed by atoms with E-state index in [9.17, 15) is 14.5 Å². The van der Waals surface area contributed by atoms with Gasteiger partial charge < -0.3 is 10.6 Å². The normalized spacial score (nSPS) is 10.7. The molecule has 0 aliphatic heterocycles. The minimum atomic E-state index is -0.894. The van der Waals surface area contributed by atoms with Crippen LogP contribution < -0.4 is 15.9 Å². The molecule has 3 aromatic rings. The number of halogens is 1. The second-order valence-electron chi connectivity index (χ2n) is 5.85. The van der Waals surface area contributed by atoms with Crippen molar-refractivity contribution in [3.8, 4) is 0 Å². The fraction of sp³-hybridized carbons (Fsp3) is 0.111. The van der Waals surface area contributed by atoms with Crippen LogP contribution in [-0.4, -0.2) is 28.2 Å². The van der Waals surface area contributed by atoms with E-state index in [4.69, 9.17) is 0 Å². The van der Waals surface area contributed by atoms with E-state index in [1.165, 1.54) is 11.4 Å². The molecule has 0 atom stereocenters. The minimum absolute atomic E-state index is 0.244. The first-order valence-corrected chi connectivity index (χ1v) is 10.2. The molecule has 0 saturated heterocycles. The number of hydrogen-bond acceptors (Lipinski definition) is 6. The molecule has 138 valence electrons. The first-order chi connectivity index (χ1) is 12.9. The van der Waals surface area contributed by atoms with Crippen molar-refractivity contribution >= 4 is 42.1 Å². The van der Waals surface area contributed by atoms with Gasteiger partial charge in [0.2, 0.25) is 11.8 Å². The van der Waals surface area contributed by atoms with Gasteiger partial charge in [0.15, 0.2) is 0 Å². The van der Waals surface area contributed by atoms with Gasteiger partial charge in [-0.15, -0.1) is 0 Å². The van der Waals surface area contributed by atoms with Gasteiger partial charge in [0.1, 0.15) is 5.82 Å². The number of benzene rings is 2. The summed E-state index contributed by atoms with van der Waals surface area (Å²) in [5.74, 6) is -0.0730. The average Bonchev–Trinajstić information content (AvgIpc) is 2.64. The van der Waals surface area contributed by atoms with Gasteiger partial charge in [-0.1, -0.05) is 26.1 Å². The smallest absolute Gasteiger partial charge is 0.306 e. The number of hydrogen-bond donors (Lipinski definition) is 2. The van der Waals surface area contributed by atoms with Crippen LogP contribution in [0.25, 0.3) is 0 Å². The molecule has 1 heterocycles. The summed E-state index contributed by atoms with van der Waals surface area (Å²) in [6, 6.07) is 13.3. The molecule has 2 N–H and O–H groups in total. The Kier molecular flexibility index (Phi) is 5.57. The third-order valence-electron chi connectivity index (χ3n) is 3.70. The van der Waals surface area contributed by atoms with Gasteiger partial charge in [-0.25, -0.2) is 4.98 Å². The molecule has 0 saturated carbocycles. The first kappa shape index (κ1) is 18.7. The highest BCUT2D eigenvalue weighted by molar-refractivity contribution is 7.64. The molecular formula is C18H17FN5O2P. The molecule has 0 fully saturated rings. The highest BCUT2D eigenvalue weighted by Crippen LogP contribution is 2.29. The van der Waals surface area contributed by atoms with Crippen molar-refractivity contribution in [2.75, 3.05) is 24.0 Å². The lowest BCUT2D eigenvalue weighted by atomic mass is 10.2. The Balaban J connectivity index is 1.83. The Hall–Kier alpha value is -3.12. The van der Waals surface area contributed by atoms with Crippen LogP contribution >= 0.6 is 7.92 Å². The maximum absolute atomic E-state index is 13.5. The highest BCUT2D eigenvalue weighted by atomic mass is 31.1. The number of rotatable bonds is 6. The van der Waals surface area contributed by atoms with Crippen molar-refractivity contribution in [3.05, 3.63) is 70.7 Å². The van der Waals surface area contributed by atoms with E-state index in [1.54, 1.807) is 12.3 Å². The summed E-state index contributed by atoms with van der Waals surface area (Å²) in [7, 11) is -0.294. The summed E-state index contributed by atoms with van der Waals surface area (Å²) in [5.41, 5.74) is 0.685. The fourth-order valence-electron chi connectivity index (χ4n) is 2.46. The third-order valence-corrected chi connectivity index (χ3v) is 5.06. The number of para-hydroxylation sites is 1. The molecule has 0 radical (unpaired) electrons. The SMILES string of the molecule is CP(C)c1ccccc1Nc1ccnc(Nc2ccc(F)c([N+](=O)[O-])c2)n1. The van der Waals surface area contributed by atoms with Crippen LogP contribution in [0, 0.1) is 15.9 Å². The summed E-state index contributed by atoms with van der Waals surface area (Å²) in [6.07, 6.45) is 1.57. The van der Waals surface area contributed by atoms with Gasteiger partial charge in [-0.3, -0.25) is 10.1 Å². The topological polar surface area (TPSA) is 93.0 Å². The van der Waals surface area contributed by atoms with Crippen molar-refractivity contribution in [1.82, 2.24) is 9.97 Å². The van der Waals surface area contributed by atoms with Crippen LogP contribution in [0.3, 0.4) is 0 Å². The van der Waals surface area contributed by atoms with Crippen molar-refractivity contribution in [2.45, 2.75) is 0 Å². The first-order valence-electron chi connectivity index (χ1n) is 8.01. The molecule has 0 unspecified atom stereocenters. The number of nitrogens with zero attached hydrogens (tertiary/aromatic N) is 3. The predicted octanol–water partition coefficient (Wildman–Crippen LogP) is 4.38. The Morgan fingerprint density at radius 1 is 1.11 bits per heavy atom. The number of anilines is 4. The van der Waals surface area contributed by atoms with Crippen LogP contribution in [0.2, 0.25) is 0 Å². The van der Waals surface area contributed by atoms with Crippen LogP contribution in [0.4, 0.5) is 33.2 Å². The van der Waals surface area contributed by atoms with Crippen LogP contribution in [0.15, 0.2) is 54.7 Å².